The smallest absolute Gasteiger partial charge is 0.207 e. The molecule has 6 heteroatoms. The molecular weight excluding hydrogens is 250 g/mol. The molecule has 1 aromatic rings. The van der Waals surface area contributed by atoms with Gasteiger partial charge in [0, 0.05) is 11.4 Å². The lowest BCUT2D eigenvalue weighted by molar-refractivity contribution is 0.589. The van der Waals surface area contributed by atoms with Gasteiger partial charge in [-0.2, -0.15) is 0 Å². The van der Waals surface area contributed by atoms with Crippen LogP contribution in [-0.4, -0.2) is 8.42 Å². The number of nitrogens with one attached hydrogen (secondary N) is 1. The normalized spacial score (nSPS) is 20.1. The molecule has 1 aromatic heterocycles. The van der Waals surface area contributed by atoms with Gasteiger partial charge in [0.05, 0.1) is 8.68 Å². The molecule has 0 spiro atoms. The molecule has 0 atom stereocenters. The summed E-state index contributed by atoms with van der Waals surface area (Å²) in [7, 11) is -3.15. The maximum Gasteiger partial charge on any atom is 0.242 e. The number of halogens is 1. The van der Waals surface area contributed by atoms with Gasteiger partial charge in [-0.25, -0.2) is 13.1 Å². The third-order valence-corrected chi connectivity index (χ3v) is 4.69. The van der Waals surface area contributed by atoms with Crippen molar-refractivity contribution in [2.75, 3.05) is 0 Å². The van der Waals surface area contributed by atoms with Gasteiger partial charge in [-0.1, -0.05) is 0 Å². The first-order valence-electron chi connectivity index (χ1n) is 2.87. The van der Waals surface area contributed by atoms with Gasteiger partial charge in [0.1, 0.15) is 0 Å². The van der Waals surface area contributed by atoms with Crippen LogP contribution in [0.4, 0.5) is 0 Å². The zero-order chi connectivity index (χ0) is 8.06. The van der Waals surface area contributed by atoms with Crippen molar-refractivity contribution in [2.45, 2.75) is 11.4 Å². The average Bonchev–Trinajstić information content (AvgIpc) is 2.35. The van der Waals surface area contributed by atoms with Crippen LogP contribution in [0, 0.1) is 0 Å². The van der Waals surface area contributed by atoms with Gasteiger partial charge in [0.15, 0.2) is 0 Å². The molecule has 0 aromatic carbocycles. The Kier molecular flexibility index (Phi) is 1.61. The lowest BCUT2D eigenvalue weighted by Crippen LogP contribution is -2.13. The Morgan fingerprint density at radius 1 is 1.64 bits per heavy atom. The Morgan fingerprint density at radius 2 is 2.36 bits per heavy atom. The molecule has 0 saturated heterocycles. The van der Waals surface area contributed by atoms with Crippen molar-refractivity contribution < 1.29 is 8.42 Å². The minimum absolute atomic E-state index is 0.425. The summed E-state index contributed by atoms with van der Waals surface area (Å²) in [5.41, 5.74) is 0. The average molecular weight is 254 g/mol. The number of rotatable bonds is 0. The second-order valence-electron chi connectivity index (χ2n) is 2.16. The summed E-state index contributed by atoms with van der Waals surface area (Å²) in [4.78, 5) is 1.31. The van der Waals surface area contributed by atoms with E-state index in [1.165, 1.54) is 11.3 Å². The van der Waals surface area contributed by atoms with Crippen LogP contribution in [0.5, 0.6) is 0 Å². The maximum absolute atomic E-state index is 11.1. The van der Waals surface area contributed by atoms with Crippen molar-refractivity contribution in [3.63, 3.8) is 0 Å². The Morgan fingerprint density at radius 3 is 3.00 bits per heavy atom. The van der Waals surface area contributed by atoms with Gasteiger partial charge in [-0.15, -0.1) is 11.3 Å². The monoisotopic (exact) mass is 253 g/mol. The Hall–Kier alpha value is 0.0900. The molecule has 2 rings (SSSR count). The molecule has 0 saturated carbocycles. The Labute approximate surface area is 76.6 Å². The highest BCUT2D eigenvalue weighted by atomic mass is 79.9. The van der Waals surface area contributed by atoms with Crippen LogP contribution >= 0.6 is 27.3 Å². The third kappa shape index (κ3) is 1.14. The summed E-state index contributed by atoms with van der Waals surface area (Å²) in [5, 5.41) is 0. The van der Waals surface area contributed by atoms with Crippen LogP contribution in [0.25, 0.3) is 0 Å². The third-order valence-electron chi connectivity index (χ3n) is 1.45. The van der Waals surface area contributed by atoms with Gasteiger partial charge < -0.3 is 0 Å². The first-order valence-corrected chi connectivity index (χ1v) is 5.97. The molecule has 11 heavy (non-hydrogen) atoms. The van der Waals surface area contributed by atoms with E-state index in [0.717, 1.165) is 8.66 Å². The summed E-state index contributed by atoms with van der Waals surface area (Å²) in [6.45, 7) is 0.438. The topological polar surface area (TPSA) is 46.2 Å². The van der Waals surface area contributed by atoms with E-state index >= 15 is 0 Å². The van der Waals surface area contributed by atoms with Crippen LogP contribution in [0.1, 0.15) is 4.88 Å². The SMILES string of the molecule is O=S1(=O)NCc2sc(Br)cc21. The van der Waals surface area contributed by atoms with Gasteiger partial charge in [0.2, 0.25) is 10.0 Å². The van der Waals surface area contributed by atoms with Crippen LogP contribution in [-0.2, 0) is 16.6 Å². The number of hydrogen-bond donors (Lipinski definition) is 1. The summed E-state index contributed by atoms with van der Waals surface area (Å²) < 4.78 is 25.6. The molecule has 0 amide bonds. The summed E-state index contributed by atoms with van der Waals surface area (Å²) in [6.07, 6.45) is 0. The number of hydrogen-bond acceptors (Lipinski definition) is 3. The zero-order valence-corrected chi connectivity index (χ0v) is 8.51. The number of fused-ring (bicyclic) bond motifs is 1. The van der Waals surface area contributed by atoms with E-state index in [1.54, 1.807) is 6.07 Å². The molecule has 0 unspecified atom stereocenters. The second-order valence-corrected chi connectivity index (χ2v) is 6.41. The maximum atomic E-state index is 11.1. The largest absolute Gasteiger partial charge is 0.242 e. The summed E-state index contributed by atoms with van der Waals surface area (Å²) in [6, 6.07) is 1.63. The van der Waals surface area contributed by atoms with E-state index in [9.17, 15) is 8.42 Å². The van der Waals surface area contributed by atoms with E-state index in [1.807, 2.05) is 0 Å². The van der Waals surface area contributed by atoms with Gasteiger partial charge >= 0.3 is 0 Å². The summed E-state index contributed by atoms with van der Waals surface area (Å²) >= 11 is 4.69. The van der Waals surface area contributed by atoms with Crippen LogP contribution in [0.2, 0.25) is 0 Å². The first-order chi connectivity index (χ1) is 5.09. The molecule has 3 nitrogen and oxygen atoms in total. The van der Waals surface area contributed by atoms with Crippen molar-refractivity contribution in [3.8, 4) is 0 Å². The molecule has 1 N–H and O–H groups in total. The van der Waals surface area contributed by atoms with E-state index in [4.69, 9.17) is 0 Å². The van der Waals surface area contributed by atoms with E-state index in [2.05, 4.69) is 20.7 Å². The second kappa shape index (κ2) is 2.29. The molecular formula is C5H4BrNO2S2. The Bertz CT molecular complexity index is 395. The van der Waals surface area contributed by atoms with E-state index in [-0.39, 0.29) is 0 Å². The fourth-order valence-corrected chi connectivity index (χ4v) is 4.41. The molecule has 1 aliphatic rings. The highest BCUT2D eigenvalue weighted by molar-refractivity contribution is 9.11. The van der Waals surface area contributed by atoms with Gasteiger partial charge in [0.25, 0.3) is 0 Å². The van der Waals surface area contributed by atoms with Crippen molar-refractivity contribution >= 4 is 37.3 Å². The number of sulfonamides is 1. The summed E-state index contributed by atoms with van der Waals surface area (Å²) in [5.74, 6) is 0. The highest BCUT2D eigenvalue weighted by Gasteiger charge is 2.27. The van der Waals surface area contributed by atoms with E-state index < -0.39 is 10.0 Å². The highest BCUT2D eigenvalue weighted by Crippen LogP contribution is 2.33. The predicted octanol–water partition coefficient (Wildman–Crippen LogP) is 1.30. The quantitative estimate of drug-likeness (QED) is 0.758. The van der Waals surface area contributed by atoms with Crippen LogP contribution < -0.4 is 4.72 Å². The van der Waals surface area contributed by atoms with Crippen LogP contribution in [0.15, 0.2) is 14.7 Å². The fraction of sp³-hybridized carbons (Fsp3) is 0.200. The lowest BCUT2D eigenvalue weighted by atomic mass is 10.5. The molecule has 0 radical (unpaired) electrons. The minimum Gasteiger partial charge on any atom is -0.207 e. The van der Waals surface area contributed by atoms with Crippen molar-refractivity contribution in [2.24, 2.45) is 0 Å². The molecule has 0 fully saturated rings. The molecule has 60 valence electrons. The Balaban J connectivity index is 2.72. The van der Waals surface area contributed by atoms with Crippen molar-refractivity contribution in [1.82, 2.24) is 4.72 Å². The van der Waals surface area contributed by atoms with Gasteiger partial charge in [-0.3, -0.25) is 0 Å². The fourth-order valence-electron chi connectivity index (χ4n) is 0.970. The minimum atomic E-state index is -3.15. The lowest BCUT2D eigenvalue weighted by Gasteiger charge is -1.89. The van der Waals surface area contributed by atoms with Crippen molar-refractivity contribution in [3.05, 3.63) is 14.7 Å². The standard InChI is InChI=1S/C5H4BrNO2S2/c6-5-1-4-3(10-5)2-7-11(4,8)9/h1,7H,2H2. The first kappa shape index (κ1) is 7.72. The zero-order valence-electron chi connectivity index (χ0n) is 5.30. The molecule has 2 heterocycles. The van der Waals surface area contributed by atoms with Crippen LogP contribution in [0.3, 0.4) is 0 Å². The van der Waals surface area contributed by atoms with Crippen molar-refractivity contribution in [1.29, 1.82) is 0 Å². The molecule has 1 aliphatic heterocycles. The molecule has 0 bridgehead atoms. The van der Waals surface area contributed by atoms with Gasteiger partial charge in [-0.05, 0) is 22.0 Å². The molecule has 0 aliphatic carbocycles. The van der Waals surface area contributed by atoms with E-state index in [0.29, 0.717) is 11.4 Å². The number of thiophene rings is 1. The predicted molar refractivity (Wildman–Crippen MR) is 46.0 cm³/mol.